The van der Waals surface area contributed by atoms with Crippen molar-refractivity contribution in [2.45, 2.75) is 31.8 Å². The minimum absolute atomic E-state index is 0.114. The first kappa shape index (κ1) is 14.3. The van der Waals surface area contributed by atoms with E-state index < -0.39 is 10.0 Å². The van der Waals surface area contributed by atoms with Crippen molar-refractivity contribution in [1.82, 2.24) is 10.0 Å². The largest absolute Gasteiger partial charge is 0.508 e. The number of aromatic hydroxyl groups is 1. The van der Waals surface area contributed by atoms with E-state index in [9.17, 15) is 13.5 Å². The fraction of sp³-hybridized carbons (Fsp3) is 0.538. The molecule has 0 bridgehead atoms. The minimum Gasteiger partial charge on any atom is -0.508 e. The molecule has 1 aromatic carbocycles. The maximum atomic E-state index is 11.9. The Morgan fingerprint density at radius 2 is 2.16 bits per heavy atom. The molecule has 5 nitrogen and oxygen atoms in total. The van der Waals surface area contributed by atoms with Crippen molar-refractivity contribution in [1.29, 1.82) is 0 Å². The van der Waals surface area contributed by atoms with Crippen LogP contribution in [0.4, 0.5) is 0 Å². The van der Waals surface area contributed by atoms with Crippen molar-refractivity contribution in [3.8, 4) is 5.75 Å². The van der Waals surface area contributed by atoms with Crippen molar-refractivity contribution < 1.29 is 13.5 Å². The third kappa shape index (κ3) is 4.49. The molecule has 19 heavy (non-hydrogen) atoms. The van der Waals surface area contributed by atoms with Crippen molar-refractivity contribution in [2.24, 2.45) is 0 Å². The van der Waals surface area contributed by atoms with Crippen molar-refractivity contribution in [3.05, 3.63) is 29.8 Å². The van der Waals surface area contributed by atoms with Crippen molar-refractivity contribution >= 4 is 10.0 Å². The van der Waals surface area contributed by atoms with Gasteiger partial charge in [0.1, 0.15) is 5.75 Å². The summed E-state index contributed by atoms with van der Waals surface area (Å²) in [6.45, 7) is 1.11. The molecule has 1 aliphatic rings. The van der Waals surface area contributed by atoms with E-state index in [2.05, 4.69) is 10.0 Å². The van der Waals surface area contributed by atoms with Gasteiger partial charge in [-0.1, -0.05) is 18.2 Å². The lowest BCUT2D eigenvalue weighted by atomic mass is 10.2. The molecule has 1 aliphatic heterocycles. The molecule has 1 atom stereocenters. The summed E-state index contributed by atoms with van der Waals surface area (Å²) in [5.41, 5.74) is 0.588. The zero-order valence-corrected chi connectivity index (χ0v) is 11.6. The van der Waals surface area contributed by atoms with Gasteiger partial charge in [-0.3, -0.25) is 0 Å². The van der Waals surface area contributed by atoms with Gasteiger partial charge in [0.2, 0.25) is 10.0 Å². The van der Waals surface area contributed by atoms with E-state index in [0.29, 0.717) is 18.0 Å². The van der Waals surface area contributed by atoms with Gasteiger partial charge in [-0.2, -0.15) is 0 Å². The second kappa shape index (κ2) is 6.36. The van der Waals surface area contributed by atoms with Gasteiger partial charge in [-0.25, -0.2) is 13.1 Å². The Hall–Kier alpha value is -1.11. The first-order valence-electron chi connectivity index (χ1n) is 6.54. The van der Waals surface area contributed by atoms with E-state index in [4.69, 9.17) is 0 Å². The highest BCUT2D eigenvalue weighted by Crippen LogP contribution is 2.15. The second-order valence-electron chi connectivity index (χ2n) is 4.85. The number of hydrogen-bond acceptors (Lipinski definition) is 4. The van der Waals surface area contributed by atoms with Crippen LogP contribution in [0.25, 0.3) is 0 Å². The van der Waals surface area contributed by atoms with Crippen LogP contribution in [0.15, 0.2) is 24.3 Å². The Balaban J connectivity index is 1.82. The zero-order valence-electron chi connectivity index (χ0n) is 10.8. The normalized spacial score (nSPS) is 19.7. The summed E-state index contributed by atoms with van der Waals surface area (Å²) in [6.07, 6.45) is 2.81. The lowest BCUT2D eigenvalue weighted by Gasteiger charge is -2.11. The molecular formula is C13H20N2O3S. The predicted octanol–water partition coefficient (Wildman–Crippen LogP) is 0.954. The van der Waals surface area contributed by atoms with Crippen LogP contribution >= 0.6 is 0 Å². The smallest absolute Gasteiger partial charge is 0.211 e. The van der Waals surface area contributed by atoms with Crippen LogP contribution in [-0.4, -0.2) is 31.9 Å². The fourth-order valence-electron chi connectivity index (χ4n) is 2.22. The number of phenolic OH excluding ortho intramolecular Hbond substituents is 1. The number of nitrogens with one attached hydrogen (secondary N) is 2. The summed E-state index contributed by atoms with van der Waals surface area (Å²) in [5, 5.41) is 12.8. The molecule has 106 valence electrons. The quantitative estimate of drug-likeness (QED) is 0.727. The predicted molar refractivity (Wildman–Crippen MR) is 74.4 cm³/mol. The number of para-hydroxylation sites is 1. The van der Waals surface area contributed by atoms with E-state index >= 15 is 0 Å². The molecular weight excluding hydrogens is 264 g/mol. The standard InChI is InChI=1S/C13H20N2O3S/c16-13-6-2-1-4-11(13)10-15-19(17,18)9-7-12-5-3-8-14-12/h1-2,4,6,12,14-16H,3,5,7-10H2. The summed E-state index contributed by atoms with van der Waals surface area (Å²) in [6, 6.07) is 7.05. The average molecular weight is 284 g/mol. The maximum Gasteiger partial charge on any atom is 0.211 e. The minimum atomic E-state index is -3.29. The van der Waals surface area contributed by atoms with Gasteiger partial charge >= 0.3 is 0 Å². The summed E-state index contributed by atoms with van der Waals surface area (Å²) >= 11 is 0. The molecule has 1 saturated heterocycles. The first-order chi connectivity index (χ1) is 9.07. The van der Waals surface area contributed by atoms with Crippen molar-refractivity contribution in [2.75, 3.05) is 12.3 Å². The lowest BCUT2D eigenvalue weighted by Crippen LogP contribution is -2.30. The second-order valence-corrected chi connectivity index (χ2v) is 6.78. The molecule has 1 aromatic rings. The molecule has 0 radical (unpaired) electrons. The molecule has 0 aromatic heterocycles. The molecule has 0 aliphatic carbocycles. The highest BCUT2D eigenvalue weighted by molar-refractivity contribution is 7.89. The Labute approximate surface area is 114 Å². The Bertz CT molecular complexity index is 510. The van der Waals surface area contributed by atoms with E-state index in [1.54, 1.807) is 24.3 Å². The molecule has 1 fully saturated rings. The van der Waals surface area contributed by atoms with E-state index in [0.717, 1.165) is 19.4 Å². The third-order valence-corrected chi connectivity index (χ3v) is 4.73. The van der Waals surface area contributed by atoms with Gasteiger partial charge in [-0.15, -0.1) is 0 Å². The van der Waals surface area contributed by atoms with Crippen LogP contribution in [0.5, 0.6) is 5.75 Å². The van der Waals surface area contributed by atoms with Crippen LogP contribution in [0.3, 0.4) is 0 Å². The molecule has 3 N–H and O–H groups in total. The van der Waals surface area contributed by atoms with Crippen molar-refractivity contribution in [3.63, 3.8) is 0 Å². The number of hydrogen-bond donors (Lipinski definition) is 3. The molecule has 1 heterocycles. The Morgan fingerprint density at radius 1 is 1.37 bits per heavy atom. The van der Waals surface area contributed by atoms with Gasteiger partial charge in [0, 0.05) is 18.2 Å². The molecule has 0 saturated carbocycles. The summed E-state index contributed by atoms with van der Waals surface area (Å²) in [5.74, 6) is 0.237. The summed E-state index contributed by atoms with van der Waals surface area (Å²) < 4.78 is 26.2. The van der Waals surface area contributed by atoms with Gasteiger partial charge in [0.05, 0.1) is 5.75 Å². The third-order valence-electron chi connectivity index (χ3n) is 3.37. The fourth-order valence-corrected chi connectivity index (χ4v) is 3.34. The summed E-state index contributed by atoms with van der Waals surface area (Å²) in [7, 11) is -3.29. The van der Waals surface area contributed by atoms with Crippen LogP contribution < -0.4 is 10.0 Å². The molecule has 0 spiro atoms. The van der Waals surface area contributed by atoms with E-state index in [1.165, 1.54) is 0 Å². The Kier molecular flexibility index (Phi) is 4.79. The number of benzene rings is 1. The van der Waals surface area contributed by atoms with Gasteiger partial charge in [0.15, 0.2) is 0 Å². The highest BCUT2D eigenvalue weighted by atomic mass is 32.2. The number of rotatable bonds is 6. The van der Waals surface area contributed by atoms with Gasteiger partial charge in [-0.05, 0) is 31.9 Å². The van der Waals surface area contributed by atoms with Gasteiger partial charge in [0.25, 0.3) is 0 Å². The maximum absolute atomic E-state index is 11.9. The first-order valence-corrected chi connectivity index (χ1v) is 8.20. The average Bonchev–Trinajstić information content (AvgIpc) is 2.89. The lowest BCUT2D eigenvalue weighted by molar-refractivity contribution is 0.467. The number of phenols is 1. The molecule has 6 heteroatoms. The number of sulfonamides is 1. The molecule has 0 amide bonds. The SMILES string of the molecule is O=S(=O)(CCC1CCCN1)NCc1ccccc1O. The van der Waals surface area contributed by atoms with Crippen LogP contribution in [0.2, 0.25) is 0 Å². The van der Waals surface area contributed by atoms with Crippen LogP contribution in [0, 0.1) is 0 Å². The van der Waals surface area contributed by atoms with E-state index in [1.807, 2.05) is 0 Å². The van der Waals surface area contributed by atoms with Gasteiger partial charge < -0.3 is 10.4 Å². The molecule has 2 rings (SSSR count). The van der Waals surface area contributed by atoms with Crippen LogP contribution in [0.1, 0.15) is 24.8 Å². The van der Waals surface area contributed by atoms with E-state index in [-0.39, 0.29) is 18.0 Å². The zero-order chi connectivity index (χ0) is 13.7. The summed E-state index contributed by atoms with van der Waals surface area (Å²) in [4.78, 5) is 0. The molecule has 1 unspecified atom stereocenters. The Morgan fingerprint density at radius 3 is 2.84 bits per heavy atom. The topological polar surface area (TPSA) is 78.4 Å². The monoisotopic (exact) mass is 284 g/mol. The highest BCUT2D eigenvalue weighted by Gasteiger charge is 2.18. The van der Waals surface area contributed by atoms with Crippen LogP contribution in [-0.2, 0) is 16.6 Å².